The minimum Gasteiger partial charge on any atom is -0.493 e. The van der Waals surface area contributed by atoms with Crippen LogP contribution in [0.1, 0.15) is 41.6 Å². The summed E-state index contributed by atoms with van der Waals surface area (Å²) in [6, 6.07) is 6.07. The molecule has 3 rings (SSSR count). The third-order valence-electron chi connectivity index (χ3n) is 4.93. The van der Waals surface area contributed by atoms with Gasteiger partial charge in [0.25, 0.3) is 5.91 Å². The van der Waals surface area contributed by atoms with Crippen LogP contribution < -0.4 is 10.5 Å². The first-order chi connectivity index (χ1) is 10.2. The van der Waals surface area contributed by atoms with Crippen LogP contribution in [0.3, 0.4) is 0 Å². The summed E-state index contributed by atoms with van der Waals surface area (Å²) in [5.74, 6) is 1.47. The van der Waals surface area contributed by atoms with Crippen molar-refractivity contribution in [2.75, 3.05) is 20.2 Å². The van der Waals surface area contributed by atoms with Gasteiger partial charge in [0.05, 0.1) is 6.61 Å². The zero-order chi connectivity index (χ0) is 14.8. The molecule has 1 aliphatic heterocycles. The number of amides is 1. The molecule has 0 spiro atoms. The maximum Gasteiger partial charge on any atom is 0.253 e. The first kappa shape index (κ1) is 14.4. The summed E-state index contributed by atoms with van der Waals surface area (Å²) in [6.45, 7) is 1.39. The van der Waals surface area contributed by atoms with Crippen molar-refractivity contribution in [1.82, 2.24) is 4.90 Å². The zero-order valence-corrected chi connectivity index (χ0v) is 12.7. The van der Waals surface area contributed by atoms with E-state index < -0.39 is 0 Å². The van der Waals surface area contributed by atoms with Crippen LogP contribution in [-0.4, -0.2) is 37.0 Å². The smallest absolute Gasteiger partial charge is 0.253 e. The van der Waals surface area contributed by atoms with E-state index in [1.54, 1.807) is 0 Å². The maximum atomic E-state index is 12.7. The lowest BCUT2D eigenvalue weighted by Gasteiger charge is -2.37. The van der Waals surface area contributed by atoms with Gasteiger partial charge in [0.1, 0.15) is 5.75 Å². The first-order valence-electron chi connectivity index (χ1n) is 7.93. The van der Waals surface area contributed by atoms with E-state index in [0.717, 1.165) is 42.7 Å². The molecule has 1 amide bonds. The Bertz CT molecular complexity index is 530. The lowest BCUT2D eigenvalue weighted by molar-refractivity contribution is 0.0620. The average Bonchev–Trinajstić information content (AvgIpc) is 3.00. The molecule has 2 aliphatic rings. The quantitative estimate of drug-likeness (QED) is 0.928. The summed E-state index contributed by atoms with van der Waals surface area (Å²) in [4.78, 5) is 14.7. The Labute approximate surface area is 126 Å². The van der Waals surface area contributed by atoms with Crippen molar-refractivity contribution in [1.29, 1.82) is 0 Å². The van der Waals surface area contributed by atoms with Crippen molar-refractivity contribution in [2.45, 2.75) is 38.1 Å². The minimum atomic E-state index is 0.107. The van der Waals surface area contributed by atoms with Gasteiger partial charge in [0, 0.05) is 25.1 Å². The molecule has 0 aromatic heterocycles. The highest BCUT2D eigenvalue weighted by Gasteiger charge is 2.30. The maximum absolute atomic E-state index is 12.7. The second-order valence-corrected chi connectivity index (χ2v) is 6.18. The van der Waals surface area contributed by atoms with Crippen LogP contribution in [0.25, 0.3) is 0 Å². The number of carbonyl (C=O) groups excluding carboxylic acids is 1. The Hall–Kier alpha value is -1.55. The molecule has 1 aromatic rings. The summed E-state index contributed by atoms with van der Waals surface area (Å²) < 4.78 is 5.50. The van der Waals surface area contributed by atoms with Gasteiger partial charge >= 0.3 is 0 Å². The lowest BCUT2D eigenvalue weighted by Crippen LogP contribution is -2.45. The predicted molar refractivity (Wildman–Crippen MR) is 82.5 cm³/mol. The second kappa shape index (κ2) is 6.06. The summed E-state index contributed by atoms with van der Waals surface area (Å²) in [5, 5.41) is 0. The Kier molecular flexibility index (Phi) is 4.15. The number of hydrogen-bond donors (Lipinski definition) is 1. The highest BCUT2D eigenvalue weighted by molar-refractivity contribution is 5.94. The van der Waals surface area contributed by atoms with Crippen molar-refractivity contribution >= 4 is 5.91 Å². The SMILES string of the molecule is CN(C(=O)c1ccc2c(c1)CCO2)C1CCCCC1CN. The van der Waals surface area contributed by atoms with E-state index in [-0.39, 0.29) is 11.9 Å². The molecule has 0 saturated heterocycles. The van der Waals surface area contributed by atoms with Gasteiger partial charge in [-0.3, -0.25) is 4.79 Å². The van der Waals surface area contributed by atoms with E-state index >= 15 is 0 Å². The van der Waals surface area contributed by atoms with E-state index in [2.05, 4.69) is 0 Å². The number of fused-ring (bicyclic) bond motifs is 1. The number of benzene rings is 1. The molecule has 1 aliphatic carbocycles. The molecule has 2 unspecified atom stereocenters. The van der Waals surface area contributed by atoms with Gasteiger partial charge in [-0.25, -0.2) is 0 Å². The van der Waals surface area contributed by atoms with Crippen LogP contribution in [0.2, 0.25) is 0 Å². The largest absolute Gasteiger partial charge is 0.493 e. The molecule has 1 saturated carbocycles. The van der Waals surface area contributed by atoms with Gasteiger partial charge in [-0.05, 0) is 49.1 Å². The van der Waals surface area contributed by atoms with Crippen LogP contribution in [0, 0.1) is 5.92 Å². The Morgan fingerprint density at radius 1 is 1.38 bits per heavy atom. The van der Waals surface area contributed by atoms with Crippen LogP contribution in [0.5, 0.6) is 5.75 Å². The van der Waals surface area contributed by atoms with E-state index in [0.29, 0.717) is 12.5 Å². The normalized spacial score (nSPS) is 24.3. The van der Waals surface area contributed by atoms with E-state index in [9.17, 15) is 4.79 Å². The van der Waals surface area contributed by atoms with Crippen molar-refractivity contribution in [3.63, 3.8) is 0 Å². The number of nitrogens with zero attached hydrogens (tertiary/aromatic N) is 1. The van der Waals surface area contributed by atoms with Gasteiger partial charge in [-0.1, -0.05) is 12.8 Å². The van der Waals surface area contributed by atoms with Gasteiger partial charge in [0.2, 0.25) is 0 Å². The van der Waals surface area contributed by atoms with Crippen molar-refractivity contribution in [3.05, 3.63) is 29.3 Å². The number of nitrogens with two attached hydrogens (primary N) is 1. The summed E-state index contributed by atoms with van der Waals surface area (Å²) in [6.07, 6.45) is 5.53. The monoisotopic (exact) mass is 288 g/mol. The Morgan fingerprint density at radius 3 is 3.00 bits per heavy atom. The molecule has 4 heteroatoms. The molecule has 0 bridgehead atoms. The summed E-state index contributed by atoms with van der Waals surface area (Å²) in [7, 11) is 1.92. The van der Waals surface area contributed by atoms with Crippen LogP contribution in [0.15, 0.2) is 18.2 Å². The highest BCUT2D eigenvalue weighted by Crippen LogP contribution is 2.30. The molecule has 2 atom stereocenters. The number of carbonyl (C=O) groups is 1. The third kappa shape index (κ3) is 2.77. The Morgan fingerprint density at radius 2 is 2.19 bits per heavy atom. The van der Waals surface area contributed by atoms with Crippen molar-refractivity contribution < 1.29 is 9.53 Å². The summed E-state index contributed by atoms with van der Waals surface area (Å²) in [5.41, 5.74) is 7.80. The van der Waals surface area contributed by atoms with Crippen LogP contribution >= 0.6 is 0 Å². The lowest BCUT2D eigenvalue weighted by atomic mass is 9.83. The molecular formula is C17H24N2O2. The molecule has 1 fully saturated rings. The van der Waals surface area contributed by atoms with Crippen molar-refractivity contribution in [2.24, 2.45) is 11.7 Å². The van der Waals surface area contributed by atoms with E-state index in [1.165, 1.54) is 12.8 Å². The van der Waals surface area contributed by atoms with Gasteiger partial charge in [-0.15, -0.1) is 0 Å². The molecule has 2 N–H and O–H groups in total. The van der Waals surface area contributed by atoms with Crippen molar-refractivity contribution in [3.8, 4) is 5.75 Å². The third-order valence-corrected chi connectivity index (χ3v) is 4.93. The highest BCUT2D eigenvalue weighted by atomic mass is 16.5. The number of rotatable bonds is 3. The predicted octanol–water partition coefficient (Wildman–Crippen LogP) is 2.21. The summed E-state index contributed by atoms with van der Waals surface area (Å²) >= 11 is 0. The fourth-order valence-corrected chi connectivity index (χ4v) is 3.65. The molecule has 0 radical (unpaired) electrons. The average molecular weight is 288 g/mol. The minimum absolute atomic E-state index is 0.107. The molecular weight excluding hydrogens is 264 g/mol. The molecule has 4 nitrogen and oxygen atoms in total. The molecule has 1 aromatic carbocycles. The van der Waals surface area contributed by atoms with Gasteiger partial charge in [0.15, 0.2) is 0 Å². The van der Waals surface area contributed by atoms with Crippen LogP contribution in [-0.2, 0) is 6.42 Å². The fourth-order valence-electron chi connectivity index (χ4n) is 3.65. The molecule has 1 heterocycles. The topological polar surface area (TPSA) is 55.6 Å². The van der Waals surface area contributed by atoms with E-state index in [4.69, 9.17) is 10.5 Å². The number of hydrogen-bond acceptors (Lipinski definition) is 3. The fraction of sp³-hybridized carbons (Fsp3) is 0.588. The number of ether oxygens (including phenoxy) is 1. The zero-order valence-electron chi connectivity index (χ0n) is 12.7. The molecule has 21 heavy (non-hydrogen) atoms. The van der Waals surface area contributed by atoms with E-state index in [1.807, 2.05) is 30.1 Å². The first-order valence-corrected chi connectivity index (χ1v) is 7.93. The standard InChI is InChI=1S/C17H24N2O2/c1-19(15-5-3-2-4-14(15)11-18)17(20)13-6-7-16-12(10-13)8-9-21-16/h6-7,10,14-15H,2-5,8-9,11,18H2,1H3. The van der Waals surface area contributed by atoms with Crippen LogP contribution in [0.4, 0.5) is 0 Å². The van der Waals surface area contributed by atoms with Gasteiger partial charge in [-0.2, -0.15) is 0 Å². The molecule has 114 valence electrons. The Balaban J connectivity index is 1.77. The second-order valence-electron chi connectivity index (χ2n) is 6.18. The van der Waals surface area contributed by atoms with Gasteiger partial charge < -0.3 is 15.4 Å².